The highest BCUT2D eigenvalue weighted by Crippen LogP contribution is 2.30. The lowest BCUT2D eigenvalue weighted by molar-refractivity contribution is -0.121. The van der Waals surface area contributed by atoms with E-state index in [-0.39, 0.29) is 11.7 Å². The second-order valence-electron chi connectivity index (χ2n) is 7.50. The van der Waals surface area contributed by atoms with Crippen LogP contribution in [-0.2, 0) is 11.3 Å². The number of unbranched alkanes of at least 4 members (excludes halogenated alkanes) is 1. The highest BCUT2D eigenvalue weighted by Gasteiger charge is 2.09. The fourth-order valence-corrected chi connectivity index (χ4v) is 4.11. The third-order valence-electron chi connectivity index (χ3n) is 4.93. The molecule has 0 unspecified atom stereocenters. The maximum atomic E-state index is 13.2. The Morgan fingerprint density at radius 2 is 1.86 bits per heavy atom. The van der Waals surface area contributed by atoms with Gasteiger partial charge in [-0.3, -0.25) is 4.79 Å². The van der Waals surface area contributed by atoms with Gasteiger partial charge in [0.1, 0.15) is 5.82 Å². The highest BCUT2D eigenvalue weighted by atomic mass is 32.1. The molecule has 1 aromatic carbocycles. The molecule has 0 atom stereocenters. The standard InChI is InChI=1S/C24H29FN6OS.2C2H6/c1-3-20-21(31(16-29-20)13-12-27-23(32)6-4-5-11-26)14-17(2)30-24-28-15-22(33-24)18-7-9-19(25)10-8-18;2*1-2/h3,7-10,14-16H,1,4-6,11-13,26H2,2H3,(H,27,32)(H,28,30);2*1-2H3/b17-14+;;. The summed E-state index contributed by atoms with van der Waals surface area (Å²) < 4.78 is 15.1. The predicted octanol–water partition coefficient (Wildman–Crippen LogP) is 6.56. The average molecular weight is 529 g/mol. The quantitative estimate of drug-likeness (QED) is 0.231. The Morgan fingerprint density at radius 1 is 1.16 bits per heavy atom. The molecule has 0 spiro atoms. The Bertz CT molecular complexity index is 1100. The lowest BCUT2D eigenvalue weighted by Gasteiger charge is -2.09. The van der Waals surface area contributed by atoms with Crippen molar-refractivity contribution in [1.29, 1.82) is 0 Å². The number of carbonyl (C=O) groups is 1. The summed E-state index contributed by atoms with van der Waals surface area (Å²) in [7, 11) is 0. The lowest BCUT2D eigenvalue weighted by atomic mass is 10.2. The van der Waals surface area contributed by atoms with E-state index in [4.69, 9.17) is 5.73 Å². The summed E-state index contributed by atoms with van der Waals surface area (Å²) in [6, 6.07) is 6.35. The SMILES string of the molecule is C=Cc1ncn(CCNC(=O)CCCCN)c1/C=C(\C)Nc1ncc(-c2ccc(F)cc2)s1.CC.CC. The number of hydrogen-bond donors (Lipinski definition) is 3. The van der Waals surface area contributed by atoms with Crippen molar-refractivity contribution in [1.82, 2.24) is 19.9 Å². The van der Waals surface area contributed by atoms with Crippen LogP contribution in [0.25, 0.3) is 22.6 Å². The number of anilines is 1. The first-order chi connectivity index (χ1) is 18.0. The maximum Gasteiger partial charge on any atom is 0.220 e. The van der Waals surface area contributed by atoms with Gasteiger partial charge < -0.3 is 20.9 Å². The number of nitrogens with one attached hydrogen (secondary N) is 2. The lowest BCUT2D eigenvalue weighted by Crippen LogP contribution is -2.27. The Hall–Kier alpha value is -3.30. The molecule has 202 valence electrons. The van der Waals surface area contributed by atoms with Crippen LogP contribution >= 0.6 is 11.3 Å². The second-order valence-corrected chi connectivity index (χ2v) is 8.53. The fourth-order valence-electron chi connectivity index (χ4n) is 3.22. The molecule has 0 saturated carbocycles. The van der Waals surface area contributed by atoms with Gasteiger partial charge >= 0.3 is 0 Å². The van der Waals surface area contributed by atoms with Gasteiger partial charge in [0.25, 0.3) is 0 Å². The van der Waals surface area contributed by atoms with E-state index in [1.165, 1.54) is 23.5 Å². The van der Waals surface area contributed by atoms with Gasteiger partial charge in [0.05, 0.1) is 22.6 Å². The van der Waals surface area contributed by atoms with E-state index in [1.54, 1.807) is 30.7 Å². The number of allylic oxidation sites excluding steroid dienone is 1. The number of amides is 1. The summed E-state index contributed by atoms with van der Waals surface area (Å²) in [4.78, 5) is 21.7. The number of aromatic nitrogens is 3. The van der Waals surface area contributed by atoms with E-state index >= 15 is 0 Å². The molecule has 0 radical (unpaired) electrons. The topological polar surface area (TPSA) is 97.9 Å². The molecule has 0 aliphatic rings. The van der Waals surface area contributed by atoms with E-state index in [0.717, 1.165) is 45.5 Å². The molecule has 2 aromatic heterocycles. The number of rotatable bonds is 12. The third kappa shape index (κ3) is 10.7. The number of nitrogens with zero attached hydrogens (tertiary/aromatic N) is 3. The number of imidazole rings is 1. The van der Waals surface area contributed by atoms with Crippen molar-refractivity contribution >= 4 is 34.5 Å². The minimum atomic E-state index is -0.263. The largest absolute Gasteiger partial charge is 0.354 e. The van der Waals surface area contributed by atoms with Crippen molar-refractivity contribution < 1.29 is 9.18 Å². The zero-order chi connectivity index (χ0) is 27.6. The molecule has 2 heterocycles. The summed E-state index contributed by atoms with van der Waals surface area (Å²) in [6.07, 6.45) is 9.33. The third-order valence-corrected chi connectivity index (χ3v) is 5.89. The molecule has 9 heteroatoms. The van der Waals surface area contributed by atoms with E-state index in [2.05, 4.69) is 27.2 Å². The first-order valence-electron chi connectivity index (χ1n) is 12.8. The van der Waals surface area contributed by atoms with Gasteiger partial charge in [-0.15, -0.1) is 0 Å². The van der Waals surface area contributed by atoms with Crippen molar-refractivity contribution in [3.8, 4) is 10.4 Å². The molecular weight excluding hydrogens is 487 g/mol. The summed E-state index contributed by atoms with van der Waals surface area (Å²) >= 11 is 1.49. The second kappa shape index (κ2) is 18.0. The van der Waals surface area contributed by atoms with Crippen molar-refractivity contribution in [2.24, 2.45) is 5.73 Å². The van der Waals surface area contributed by atoms with Gasteiger partial charge in [-0.1, -0.05) is 57.7 Å². The minimum absolute atomic E-state index is 0.0307. The Morgan fingerprint density at radius 3 is 2.51 bits per heavy atom. The molecule has 1 amide bonds. The Kier molecular flexibility index (Phi) is 15.5. The van der Waals surface area contributed by atoms with Gasteiger partial charge in [-0.25, -0.2) is 14.4 Å². The smallest absolute Gasteiger partial charge is 0.220 e. The van der Waals surface area contributed by atoms with Crippen LogP contribution in [0.5, 0.6) is 0 Å². The summed E-state index contributed by atoms with van der Waals surface area (Å²) in [5, 5.41) is 6.97. The molecule has 3 rings (SSSR count). The average Bonchev–Trinajstić information content (AvgIpc) is 3.54. The van der Waals surface area contributed by atoms with Crippen molar-refractivity contribution in [3.05, 3.63) is 66.3 Å². The van der Waals surface area contributed by atoms with E-state index in [9.17, 15) is 9.18 Å². The Labute approximate surface area is 224 Å². The number of halogens is 1. The highest BCUT2D eigenvalue weighted by molar-refractivity contribution is 7.18. The molecule has 0 bridgehead atoms. The number of benzene rings is 1. The van der Waals surface area contributed by atoms with Crippen LogP contribution in [0, 0.1) is 5.82 Å². The van der Waals surface area contributed by atoms with Crippen LogP contribution in [0.3, 0.4) is 0 Å². The number of hydrogen-bond acceptors (Lipinski definition) is 6. The van der Waals surface area contributed by atoms with E-state index < -0.39 is 0 Å². The molecule has 3 aromatic rings. The Balaban J connectivity index is 0.00000163. The van der Waals surface area contributed by atoms with Gasteiger partial charge in [-0.05, 0) is 56.2 Å². The van der Waals surface area contributed by atoms with Crippen LogP contribution in [0.2, 0.25) is 0 Å². The maximum absolute atomic E-state index is 13.2. The summed E-state index contributed by atoms with van der Waals surface area (Å²) in [5.74, 6) is -0.232. The molecule has 37 heavy (non-hydrogen) atoms. The molecule has 4 N–H and O–H groups in total. The van der Waals surface area contributed by atoms with Gasteiger partial charge in [0.2, 0.25) is 5.91 Å². The number of nitrogens with two attached hydrogens (primary N) is 1. The summed E-state index contributed by atoms with van der Waals surface area (Å²) in [6.45, 7) is 15.5. The van der Waals surface area contributed by atoms with Crippen LogP contribution in [-0.4, -0.2) is 33.5 Å². The normalized spacial score (nSPS) is 10.5. The first kappa shape index (κ1) is 31.7. The zero-order valence-corrected chi connectivity index (χ0v) is 23.5. The van der Waals surface area contributed by atoms with Crippen molar-refractivity contribution in [2.75, 3.05) is 18.4 Å². The van der Waals surface area contributed by atoms with Crippen LogP contribution in [0.15, 0.2) is 49.1 Å². The monoisotopic (exact) mass is 528 g/mol. The molecule has 0 aliphatic heterocycles. The van der Waals surface area contributed by atoms with Crippen LogP contribution < -0.4 is 16.4 Å². The molecule has 7 nitrogen and oxygen atoms in total. The van der Waals surface area contributed by atoms with Crippen molar-refractivity contribution in [2.45, 2.75) is 60.4 Å². The van der Waals surface area contributed by atoms with E-state index in [0.29, 0.717) is 26.1 Å². The molecular formula is C28H41FN6OS. The van der Waals surface area contributed by atoms with Gasteiger partial charge in [0.15, 0.2) is 5.13 Å². The molecule has 0 fully saturated rings. The van der Waals surface area contributed by atoms with Gasteiger partial charge in [0, 0.05) is 31.4 Å². The number of carbonyl (C=O) groups excluding carboxylic acids is 1. The van der Waals surface area contributed by atoms with Crippen LogP contribution in [0.4, 0.5) is 9.52 Å². The minimum Gasteiger partial charge on any atom is -0.354 e. The number of thiazole rings is 1. The van der Waals surface area contributed by atoms with E-state index in [1.807, 2.05) is 45.3 Å². The first-order valence-corrected chi connectivity index (χ1v) is 13.6. The fraction of sp³-hybridized carbons (Fsp3) is 0.393. The van der Waals surface area contributed by atoms with Crippen LogP contribution in [0.1, 0.15) is 65.3 Å². The molecule has 0 aliphatic carbocycles. The summed E-state index contributed by atoms with van der Waals surface area (Å²) in [5.41, 5.74) is 8.92. The van der Waals surface area contributed by atoms with Gasteiger partial charge in [-0.2, -0.15) is 0 Å². The zero-order valence-electron chi connectivity index (χ0n) is 22.7. The predicted molar refractivity (Wildman–Crippen MR) is 156 cm³/mol. The van der Waals surface area contributed by atoms with Crippen molar-refractivity contribution in [3.63, 3.8) is 0 Å². The molecule has 0 saturated heterocycles.